The van der Waals surface area contributed by atoms with Crippen LogP contribution in [0.25, 0.3) is 0 Å². The van der Waals surface area contributed by atoms with Crippen molar-refractivity contribution in [3.8, 4) is 0 Å². The van der Waals surface area contributed by atoms with Crippen molar-refractivity contribution in [2.24, 2.45) is 11.1 Å². The number of amides is 2. The van der Waals surface area contributed by atoms with E-state index in [2.05, 4.69) is 10.6 Å². The van der Waals surface area contributed by atoms with Gasteiger partial charge in [0.25, 0.3) is 0 Å². The molecule has 0 atom stereocenters. The second-order valence-electron chi connectivity index (χ2n) is 6.75. The van der Waals surface area contributed by atoms with E-state index in [4.69, 9.17) is 17.3 Å². The Morgan fingerprint density at radius 1 is 1.20 bits per heavy atom. The Bertz CT molecular complexity index is 602. The smallest absolute Gasteiger partial charge is 0.243 e. The van der Waals surface area contributed by atoms with E-state index < -0.39 is 0 Å². The van der Waals surface area contributed by atoms with Crippen LogP contribution in [0.5, 0.6) is 0 Å². The van der Waals surface area contributed by atoms with Crippen molar-refractivity contribution < 1.29 is 9.59 Å². The molecule has 5 nitrogen and oxygen atoms in total. The number of carbonyl (C=O) groups is 2. The van der Waals surface area contributed by atoms with E-state index in [1.54, 1.807) is 12.1 Å². The summed E-state index contributed by atoms with van der Waals surface area (Å²) >= 11 is 6.09. The van der Waals surface area contributed by atoms with Gasteiger partial charge in [-0.2, -0.15) is 0 Å². The molecule has 0 spiro atoms. The zero-order chi connectivity index (χ0) is 17.6. The van der Waals surface area contributed by atoms with Gasteiger partial charge in [-0.15, -0.1) is 12.4 Å². The minimum atomic E-state index is -0.292. The Balaban J connectivity index is 0.00000312. The highest BCUT2D eigenvalue weighted by atomic mass is 35.5. The van der Waals surface area contributed by atoms with Crippen LogP contribution in [0, 0.1) is 12.3 Å². The van der Waals surface area contributed by atoms with Gasteiger partial charge in [0.15, 0.2) is 0 Å². The molecule has 1 aromatic rings. The summed E-state index contributed by atoms with van der Waals surface area (Å²) in [5.41, 5.74) is 7.37. The van der Waals surface area contributed by atoms with Gasteiger partial charge in [0.2, 0.25) is 11.8 Å². The zero-order valence-corrected chi connectivity index (χ0v) is 16.1. The lowest BCUT2D eigenvalue weighted by molar-refractivity contribution is -0.126. The average Bonchev–Trinajstić information content (AvgIpc) is 2.56. The maximum absolute atomic E-state index is 12.2. The van der Waals surface area contributed by atoms with Gasteiger partial charge in [-0.25, -0.2) is 0 Å². The minimum absolute atomic E-state index is 0. The molecule has 0 unspecified atom stereocenters. The lowest BCUT2D eigenvalue weighted by Crippen LogP contribution is -2.40. The van der Waals surface area contributed by atoms with Crippen molar-refractivity contribution in [3.63, 3.8) is 0 Å². The first-order valence-corrected chi connectivity index (χ1v) is 8.85. The van der Waals surface area contributed by atoms with E-state index in [1.807, 2.05) is 13.0 Å². The largest absolute Gasteiger partial charge is 0.347 e. The van der Waals surface area contributed by atoms with Gasteiger partial charge in [-0.1, -0.05) is 36.9 Å². The summed E-state index contributed by atoms with van der Waals surface area (Å²) in [5.74, 6) is -0.410. The van der Waals surface area contributed by atoms with Gasteiger partial charge in [0.05, 0.1) is 17.3 Å². The molecule has 2 amide bonds. The van der Waals surface area contributed by atoms with E-state index >= 15 is 0 Å². The molecule has 2 rings (SSSR count). The van der Waals surface area contributed by atoms with Crippen molar-refractivity contribution in [1.82, 2.24) is 5.32 Å². The molecule has 0 aromatic heterocycles. The summed E-state index contributed by atoms with van der Waals surface area (Å²) in [6.07, 6.45) is 5.82. The molecule has 1 saturated carbocycles. The Kier molecular flexibility index (Phi) is 8.69. The van der Waals surface area contributed by atoms with Crippen molar-refractivity contribution >= 4 is 41.5 Å². The maximum Gasteiger partial charge on any atom is 0.243 e. The highest BCUT2D eigenvalue weighted by Crippen LogP contribution is 2.38. The summed E-state index contributed by atoms with van der Waals surface area (Å²) in [7, 11) is 0. The first-order chi connectivity index (χ1) is 11.4. The van der Waals surface area contributed by atoms with E-state index in [9.17, 15) is 9.59 Å². The third-order valence-electron chi connectivity index (χ3n) is 4.73. The molecule has 0 bridgehead atoms. The summed E-state index contributed by atoms with van der Waals surface area (Å²) in [6.45, 7) is 2.38. The molecular weight excluding hydrogens is 361 g/mol. The lowest BCUT2D eigenvalue weighted by atomic mass is 9.71. The van der Waals surface area contributed by atoms with E-state index in [0.717, 1.165) is 31.2 Å². The van der Waals surface area contributed by atoms with Crippen molar-refractivity contribution in [2.45, 2.75) is 45.4 Å². The molecule has 1 aliphatic rings. The van der Waals surface area contributed by atoms with E-state index in [1.165, 1.54) is 6.42 Å². The monoisotopic (exact) mass is 387 g/mol. The zero-order valence-electron chi connectivity index (χ0n) is 14.6. The standard InChI is InChI=1S/C18H26ClN3O2.ClH/c1-13-5-6-15(14(19)9-13)22-17(24)11-21-16(23)10-18(12-20)7-3-2-4-8-18;/h5-6,9H,2-4,7-8,10-12,20H2,1H3,(H,21,23)(H,22,24);1H. The Labute approximate surface area is 160 Å². The summed E-state index contributed by atoms with van der Waals surface area (Å²) in [5, 5.41) is 5.89. The normalized spacial score (nSPS) is 15.8. The van der Waals surface area contributed by atoms with Crippen LogP contribution in [0.3, 0.4) is 0 Å². The van der Waals surface area contributed by atoms with E-state index in [0.29, 0.717) is 23.7 Å². The Morgan fingerprint density at radius 2 is 1.88 bits per heavy atom. The molecule has 0 radical (unpaired) electrons. The summed E-state index contributed by atoms with van der Waals surface area (Å²) < 4.78 is 0. The predicted molar refractivity (Wildman–Crippen MR) is 104 cm³/mol. The Hall–Kier alpha value is -1.30. The highest BCUT2D eigenvalue weighted by Gasteiger charge is 2.32. The molecule has 4 N–H and O–H groups in total. The molecule has 1 fully saturated rings. The van der Waals surface area contributed by atoms with Gasteiger partial charge in [0.1, 0.15) is 0 Å². The fraction of sp³-hybridized carbons (Fsp3) is 0.556. The average molecular weight is 388 g/mol. The molecule has 0 saturated heterocycles. The molecule has 7 heteroatoms. The second kappa shape index (κ2) is 10.00. The molecule has 1 aromatic carbocycles. The highest BCUT2D eigenvalue weighted by molar-refractivity contribution is 6.33. The van der Waals surface area contributed by atoms with Gasteiger partial charge < -0.3 is 16.4 Å². The number of benzene rings is 1. The fourth-order valence-corrected chi connectivity index (χ4v) is 3.54. The molecule has 1 aliphatic carbocycles. The van der Waals surface area contributed by atoms with Gasteiger partial charge in [-0.3, -0.25) is 9.59 Å². The van der Waals surface area contributed by atoms with Crippen LogP contribution >= 0.6 is 24.0 Å². The molecule has 0 heterocycles. The predicted octanol–water partition coefficient (Wildman–Crippen LogP) is 3.42. The van der Waals surface area contributed by atoms with Crippen LogP contribution < -0.4 is 16.4 Å². The number of anilines is 1. The van der Waals surface area contributed by atoms with Gasteiger partial charge in [-0.05, 0) is 49.4 Å². The third kappa shape index (κ3) is 6.49. The van der Waals surface area contributed by atoms with Crippen molar-refractivity contribution in [1.29, 1.82) is 0 Å². The van der Waals surface area contributed by atoms with Crippen LogP contribution in [-0.2, 0) is 9.59 Å². The number of hydrogen-bond donors (Lipinski definition) is 3. The topological polar surface area (TPSA) is 84.2 Å². The SMILES string of the molecule is Cc1ccc(NC(=O)CNC(=O)CC2(CN)CCCCC2)c(Cl)c1.Cl. The maximum atomic E-state index is 12.2. The molecule has 0 aliphatic heterocycles. The van der Waals surface area contributed by atoms with Crippen LogP contribution in [0.15, 0.2) is 18.2 Å². The molecule has 25 heavy (non-hydrogen) atoms. The van der Waals surface area contributed by atoms with Gasteiger partial charge in [0, 0.05) is 6.42 Å². The van der Waals surface area contributed by atoms with Gasteiger partial charge >= 0.3 is 0 Å². The Morgan fingerprint density at radius 3 is 2.48 bits per heavy atom. The van der Waals surface area contributed by atoms with Crippen LogP contribution in [-0.4, -0.2) is 24.9 Å². The van der Waals surface area contributed by atoms with Crippen molar-refractivity contribution in [2.75, 3.05) is 18.4 Å². The number of rotatable bonds is 6. The lowest BCUT2D eigenvalue weighted by Gasteiger charge is -2.35. The summed E-state index contributed by atoms with van der Waals surface area (Å²) in [4.78, 5) is 24.2. The second-order valence-corrected chi connectivity index (χ2v) is 7.16. The third-order valence-corrected chi connectivity index (χ3v) is 5.04. The quantitative estimate of drug-likeness (QED) is 0.698. The molecular formula is C18H27Cl2N3O2. The van der Waals surface area contributed by atoms with Crippen LogP contribution in [0.4, 0.5) is 5.69 Å². The first-order valence-electron chi connectivity index (χ1n) is 8.47. The number of nitrogens with two attached hydrogens (primary N) is 1. The number of hydrogen-bond acceptors (Lipinski definition) is 3. The summed E-state index contributed by atoms with van der Waals surface area (Å²) in [6, 6.07) is 5.40. The molecule has 140 valence electrons. The van der Waals surface area contributed by atoms with E-state index in [-0.39, 0.29) is 36.2 Å². The van der Waals surface area contributed by atoms with Crippen LogP contribution in [0.1, 0.15) is 44.1 Å². The first kappa shape index (κ1) is 21.7. The fourth-order valence-electron chi connectivity index (χ4n) is 3.25. The number of carbonyl (C=O) groups excluding carboxylic acids is 2. The number of halogens is 2. The van der Waals surface area contributed by atoms with Crippen LogP contribution in [0.2, 0.25) is 5.02 Å². The number of nitrogens with one attached hydrogen (secondary N) is 2. The number of aryl methyl sites for hydroxylation is 1. The minimum Gasteiger partial charge on any atom is -0.347 e. The van der Waals surface area contributed by atoms with Crippen molar-refractivity contribution in [3.05, 3.63) is 28.8 Å².